The fourth-order valence-corrected chi connectivity index (χ4v) is 3.78. The summed E-state index contributed by atoms with van der Waals surface area (Å²) >= 11 is 0. The van der Waals surface area contributed by atoms with Gasteiger partial charge in [-0.25, -0.2) is 0 Å². The quantitative estimate of drug-likeness (QED) is 0.825. The molecule has 0 aliphatic heterocycles. The van der Waals surface area contributed by atoms with E-state index >= 15 is 0 Å². The number of aliphatic hydroxyl groups is 1. The van der Waals surface area contributed by atoms with Gasteiger partial charge in [-0.1, -0.05) is 39.5 Å². The molecule has 1 heterocycles. The van der Waals surface area contributed by atoms with Crippen molar-refractivity contribution in [1.82, 2.24) is 9.78 Å². The number of hydrogen-bond donors (Lipinski definition) is 1. The number of nitrogens with zero attached hydrogens (tertiary/aromatic N) is 2. The molecule has 0 amide bonds. The lowest BCUT2D eigenvalue weighted by molar-refractivity contribution is 0.0712. The fraction of sp³-hybridized carbons (Fsp3) is 0.833. The number of hydrogen-bond acceptors (Lipinski definition) is 2. The average molecular weight is 292 g/mol. The van der Waals surface area contributed by atoms with Crippen LogP contribution in [0.25, 0.3) is 0 Å². The molecule has 1 saturated carbocycles. The molecule has 0 radical (unpaired) electrons. The van der Waals surface area contributed by atoms with Crippen LogP contribution in [0.15, 0.2) is 6.07 Å². The van der Waals surface area contributed by atoms with Gasteiger partial charge < -0.3 is 5.11 Å². The highest BCUT2D eigenvalue weighted by atomic mass is 16.3. The Balaban J connectivity index is 1.90. The molecule has 3 nitrogen and oxygen atoms in total. The average Bonchev–Trinajstić information content (AvgIpc) is 2.90. The first kappa shape index (κ1) is 16.5. The lowest BCUT2D eigenvalue weighted by atomic mass is 9.77. The Bertz CT molecular complexity index is 419. The molecule has 1 fully saturated rings. The van der Waals surface area contributed by atoms with Crippen LogP contribution < -0.4 is 0 Å². The lowest BCUT2D eigenvalue weighted by Gasteiger charge is -2.31. The second-order valence-corrected chi connectivity index (χ2v) is 6.64. The van der Waals surface area contributed by atoms with Crippen molar-refractivity contribution in [3.05, 3.63) is 17.5 Å². The van der Waals surface area contributed by atoms with Gasteiger partial charge in [-0.3, -0.25) is 4.68 Å². The molecule has 3 heteroatoms. The Morgan fingerprint density at radius 1 is 1.24 bits per heavy atom. The van der Waals surface area contributed by atoms with Crippen molar-refractivity contribution in [3.8, 4) is 0 Å². The minimum atomic E-state index is -0.195. The van der Waals surface area contributed by atoms with Gasteiger partial charge >= 0.3 is 0 Å². The third kappa shape index (κ3) is 4.32. The minimum Gasteiger partial charge on any atom is -0.392 e. The van der Waals surface area contributed by atoms with E-state index in [1.165, 1.54) is 44.2 Å². The molecule has 0 spiro atoms. The zero-order valence-electron chi connectivity index (χ0n) is 14.0. The summed E-state index contributed by atoms with van der Waals surface area (Å²) in [5.74, 6) is 1.40. The van der Waals surface area contributed by atoms with Gasteiger partial charge in [0.25, 0.3) is 0 Å². The van der Waals surface area contributed by atoms with Crippen LogP contribution in [0.4, 0.5) is 0 Å². The molecule has 0 saturated heterocycles. The zero-order valence-corrected chi connectivity index (χ0v) is 14.0. The first-order valence-electron chi connectivity index (χ1n) is 8.91. The minimum absolute atomic E-state index is 0.195. The smallest absolute Gasteiger partial charge is 0.0624 e. The van der Waals surface area contributed by atoms with Gasteiger partial charge in [-0.2, -0.15) is 5.10 Å². The Morgan fingerprint density at radius 3 is 2.52 bits per heavy atom. The molecule has 1 aromatic rings. The Labute approximate surface area is 129 Å². The van der Waals surface area contributed by atoms with Gasteiger partial charge in [0.2, 0.25) is 0 Å². The third-order valence-electron chi connectivity index (χ3n) is 5.13. The van der Waals surface area contributed by atoms with Crippen molar-refractivity contribution in [2.24, 2.45) is 11.8 Å². The number of rotatable bonds is 7. The highest BCUT2D eigenvalue weighted by molar-refractivity contribution is 5.11. The maximum Gasteiger partial charge on any atom is 0.0624 e. The molecule has 0 bridgehead atoms. The van der Waals surface area contributed by atoms with Crippen LogP contribution >= 0.6 is 0 Å². The van der Waals surface area contributed by atoms with Crippen molar-refractivity contribution in [1.29, 1.82) is 0 Å². The lowest BCUT2D eigenvalue weighted by Crippen LogP contribution is -2.28. The summed E-state index contributed by atoms with van der Waals surface area (Å²) in [6, 6.07) is 2.18. The van der Waals surface area contributed by atoms with Crippen molar-refractivity contribution in [2.75, 3.05) is 0 Å². The van der Waals surface area contributed by atoms with E-state index in [2.05, 4.69) is 36.6 Å². The third-order valence-corrected chi connectivity index (χ3v) is 5.13. The molecule has 21 heavy (non-hydrogen) atoms. The van der Waals surface area contributed by atoms with Crippen LogP contribution in [-0.4, -0.2) is 21.0 Å². The second-order valence-electron chi connectivity index (χ2n) is 6.64. The van der Waals surface area contributed by atoms with Gasteiger partial charge in [0, 0.05) is 18.7 Å². The largest absolute Gasteiger partial charge is 0.392 e. The van der Waals surface area contributed by atoms with Crippen molar-refractivity contribution in [3.63, 3.8) is 0 Å². The molecule has 1 aliphatic carbocycles. The van der Waals surface area contributed by atoms with E-state index in [1.54, 1.807) is 0 Å². The normalized spacial score (nSPS) is 24.2. The summed E-state index contributed by atoms with van der Waals surface area (Å²) in [5.41, 5.74) is 2.35. The van der Waals surface area contributed by atoms with Gasteiger partial charge in [0.05, 0.1) is 11.8 Å². The maximum absolute atomic E-state index is 10.6. The Kier molecular flexibility index (Phi) is 6.28. The summed E-state index contributed by atoms with van der Waals surface area (Å²) in [6.45, 7) is 7.43. The highest BCUT2D eigenvalue weighted by Crippen LogP contribution is 2.34. The molecule has 120 valence electrons. The van der Waals surface area contributed by atoms with Crippen LogP contribution in [-0.2, 0) is 19.4 Å². The zero-order chi connectivity index (χ0) is 15.2. The number of aryl methyl sites for hydroxylation is 2. The van der Waals surface area contributed by atoms with Gasteiger partial charge in [0.1, 0.15) is 0 Å². The van der Waals surface area contributed by atoms with Crippen LogP contribution in [0.5, 0.6) is 0 Å². The first-order chi connectivity index (χ1) is 10.2. The molecular formula is C18H32N2O. The van der Waals surface area contributed by atoms with Crippen molar-refractivity contribution >= 4 is 0 Å². The van der Waals surface area contributed by atoms with Crippen molar-refractivity contribution < 1.29 is 5.11 Å². The van der Waals surface area contributed by atoms with E-state index in [0.29, 0.717) is 5.92 Å². The Hall–Kier alpha value is -0.830. The molecule has 1 aromatic heterocycles. The summed E-state index contributed by atoms with van der Waals surface area (Å²) in [4.78, 5) is 0. The molecule has 1 N–H and O–H groups in total. The molecule has 1 atom stereocenters. The summed E-state index contributed by atoms with van der Waals surface area (Å²) in [6.07, 6.45) is 9.23. The number of aromatic nitrogens is 2. The topological polar surface area (TPSA) is 38.1 Å². The van der Waals surface area contributed by atoms with Gasteiger partial charge in [-0.15, -0.1) is 0 Å². The Morgan fingerprint density at radius 2 is 1.95 bits per heavy atom. The van der Waals surface area contributed by atoms with Gasteiger partial charge in [0.15, 0.2) is 0 Å². The SMILES string of the molecule is CCCC1CCC(C(O)Cc2cc(CC)nn2CC)CC1. The summed E-state index contributed by atoms with van der Waals surface area (Å²) in [5, 5.41) is 15.2. The highest BCUT2D eigenvalue weighted by Gasteiger charge is 2.27. The predicted octanol–water partition coefficient (Wildman–Crippen LogP) is 3.98. The maximum atomic E-state index is 10.6. The van der Waals surface area contributed by atoms with E-state index in [0.717, 1.165) is 31.0 Å². The summed E-state index contributed by atoms with van der Waals surface area (Å²) in [7, 11) is 0. The van der Waals surface area contributed by atoms with E-state index in [9.17, 15) is 5.11 Å². The van der Waals surface area contributed by atoms with Crippen LogP contribution in [0.3, 0.4) is 0 Å². The monoisotopic (exact) mass is 292 g/mol. The summed E-state index contributed by atoms with van der Waals surface area (Å²) < 4.78 is 2.06. The van der Waals surface area contributed by atoms with Crippen LogP contribution in [0.2, 0.25) is 0 Å². The molecule has 1 aliphatic rings. The molecule has 1 unspecified atom stereocenters. The second kappa shape index (κ2) is 7.98. The molecular weight excluding hydrogens is 260 g/mol. The fourth-order valence-electron chi connectivity index (χ4n) is 3.78. The van der Waals surface area contributed by atoms with Crippen LogP contribution in [0, 0.1) is 11.8 Å². The van der Waals surface area contributed by atoms with Crippen molar-refractivity contribution in [2.45, 2.75) is 84.8 Å². The number of aliphatic hydroxyl groups excluding tert-OH is 1. The molecule has 2 rings (SSSR count). The van der Waals surface area contributed by atoms with E-state index in [4.69, 9.17) is 0 Å². The predicted molar refractivity (Wildman–Crippen MR) is 87.3 cm³/mol. The van der Waals surface area contributed by atoms with E-state index in [1.807, 2.05) is 0 Å². The van der Waals surface area contributed by atoms with E-state index in [-0.39, 0.29) is 6.10 Å². The van der Waals surface area contributed by atoms with Gasteiger partial charge in [-0.05, 0) is 44.1 Å². The molecule has 0 aromatic carbocycles. The van der Waals surface area contributed by atoms with Crippen LogP contribution in [0.1, 0.15) is 70.7 Å². The first-order valence-corrected chi connectivity index (χ1v) is 8.91. The van der Waals surface area contributed by atoms with E-state index < -0.39 is 0 Å². The standard InChI is InChI=1S/C18H32N2O/c1-4-7-14-8-10-15(11-9-14)18(21)13-17-12-16(5-2)19-20(17)6-3/h12,14-15,18,21H,4-11,13H2,1-3H3.